The van der Waals surface area contributed by atoms with E-state index in [1.54, 1.807) is 6.92 Å². The van der Waals surface area contributed by atoms with Crippen molar-refractivity contribution in [2.75, 3.05) is 25.5 Å². The molecule has 2 aromatic carbocycles. The molecule has 4 rings (SSSR count). The number of likely N-dealkylation sites (N-methyl/N-ethyl adjacent to an activating group) is 1. The lowest BCUT2D eigenvalue weighted by Crippen LogP contribution is -2.36. The van der Waals surface area contributed by atoms with Gasteiger partial charge in [-0.2, -0.15) is 4.31 Å². The zero-order valence-corrected chi connectivity index (χ0v) is 23.7. The van der Waals surface area contributed by atoms with Gasteiger partial charge in [0.2, 0.25) is 10.0 Å². The van der Waals surface area contributed by atoms with Crippen LogP contribution in [0.1, 0.15) is 57.5 Å². The molecule has 1 aromatic heterocycles. The van der Waals surface area contributed by atoms with Crippen molar-refractivity contribution in [3.05, 3.63) is 81.7 Å². The van der Waals surface area contributed by atoms with Crippen molar-refractivity contribution in [2.24, 2.45) is 0 Å². The first-order chi connectivity index (χ1) is 18.1. The number of carbonyl (C=O) groups excluding carboxylic acids is 2. The van der Waals surface area contributed by atoms with Crippen molar-refractivity contribution >= 4 is 38.2 Å². The molecule has 0 radical (unpaired) electrons. The molecule has 0 atom stereocenters. The van der Waals surface area contributed by atoms with Crippen LogP contribution in [-0.4, -0.2) is 55.7 Å². The molecule has 1 N–H and O–H groups in total. The molecule has 1 aliphatic rings. The summed E-state index contributed by atoms with van der Waals surface area (Å²) in [5.74, 6) is -0.866. The molecule has 0 fully saturated rings. The number of nitrogens with one attached hydrogen (secondary N) is 1. The minimum atomic E-state index is -3.79. The van der Waals surface area contributed by atoms with Crippen LogP contribution in [0.15, 0.2) is 59.5 Å². The second-order valence-electron chi connectivity index (χ2n) is 9.52. The van der Waals surface area contributed by atoms with Gasteiger partial charge in [-0.05, 0) is 69.6 Å². The van der Waals surface area contributed by atoms with E-state index in [4.69, 9.17) is 4.74 Å². The number of amides is 1. The number of nitrogens with zero attached hydrogens (tertiary/aromatic N) is 2. The van der Waals surface area contributed by atoms with Crippen molar-refractivity contribution in [1.29, 1.82) is 0 Å². The predicted molar refractivity (Wildman–Crippen MR) is 149 cm³/mol. The van der Waals surface area contributed by atoms with Crippen molar-refractivity contribution in [3.8, 4) is 0 Å². The van der Waals surface area contributed by atoms with E-state index in [0.29, 0.717) is 29.1 Å². The fraction of sp³-hybridized carbons (Fsp3) is 0.357. The lowest BCUT2D eigenvalue weighted by Gasteiger charge is -2.26. The minimum absolute atomic E-state index is 0.112. The highest BCUT2D eigenvalue weighted by molar-refractivity contribution is 7.89. The average Bonchev–Trinajstić information content (AvgIpc) is 3.24. The largest absolute Gasteiger partial charge is 0.462 e. The molecule has 0 saturated carbocycles. The lowest BCUT2D eigenvalue weighted by atomic mass is 10.0. The van der Waals surface area contributed by atoms with Crippen LogP contribution < -0.4 is 5.32 Å². The maximum atomic E-state index is 13.4. The molecular formula is C28H33N3O5S2. The van der Waals surface area contributed by atoms with Crippen LogP contribution >= 0.6 is 11.3 Å². The normalized spacial score (nSPS) is 13.9. The van der Waals surface area contributed by atoms with Crippen molar-refractivity contribution in [3.63, 3.8) is 0 Å². The standard InChI is InChI=1S/C28H33N3O5S2/c1-5-36-28(33)25-23-15-16-30(4)18-24(23)37-27(25)29-26(32)21-11-13-22(14-12-21)38(34,35)31(19(2)3)17-20-9-7-6-8-10-20/h6-14,19H,5,15-18H2,1-4H3,(H,29,32). The number of fused-ring (bicyclic) bond motifs is 1. The Labute approximate surface area is 228 Å². The fourth-order valence-electron chi connectivity index (χ4n) is 4.44. The Balaban J connectivity index is 1.56. The van der Waals surface area contributed by atoms with Gasteiger partial charge in [0.15, 0.2) is 0 Å². The minimum Gasteiger partial charge on any atom is -0.462 e. The second kappa shape index (κ2) is 11.8. The third-order valence-corrected chi connectivity index (χ3v) is 9.60. The van der Waals surface area contributed by atoms with Crippen molar-refractivity contribution in [2.45, 2.75) is 51.2 Å². The van der Waals surface area contributed by atoms with E-state index in [0.717, 1.165) is 22.5 Å². The molecule has 0 aliphatic carbocycles. The van der Waals surface area contributed by atoms with Gasteiger partial charge < -0.3 is 15.0 Å². The number of esters is 1. The Hall–Kier alpha value is -3.05. The quantitative estimate of drug-likeness (QED) is 0.383. The number of thiophene rings is 1. The van der Waals surface area contributed by atoms with Gasteiger partial charge in [0.05, 0.1) is 17.1 Å². The summed E-state index contributed by atoms with van der Waals surface area (Å²) in [5, 5.41) is 3.33. The molecule has 8 nitrogen and oxygen atoms in total. The Morgan fingerprint density at radius 3 is 2.42 bits per heavy atom. The Morgan fingerprint density at radius 1 is 1.11 bits per heavy atom. The number of carbonyl (C=O) groups is 2. The maximum Gasteiger partial charge on any atom is 0.341 e. The first-order valence-corrected chi connectivity index (χ1v) is 14.8. The van der Waals surface area contributed by atoms with Crippen LogP contribution in [0.25, 0.3) is 0 Å². The first kappa shape index (κ1) is 28.0. The Bertz CT molecular complexity index is 1400. The van der Waals surface area contributed by atoms with E-state index in [1.807, 2.05) is 51.2 Å². The molecule has 0 bridgehead atoms. The van der Waals surface area contributed by atoms with Crippen LogP contribution in [0.4, 0.5) is 5.00 Å². The molecule has 38 heavy (non-hydrogen) atoms. The van der Waals surface area contributed by atoms with Gasteiger partial charge in [0, 0.05) is 36.1 Å². The van der Waals surface area contributed by atoms with Gasteiger partial charge >= 0.3 is 5.97 Å². The predicted octanol–water partition coefficient (Wildman–Crippen LogP) is 4.76. The summed E-state index contributed by atoms with van der Waals surface area (Å²) in [5.41, 5.74) is 2.53. The van der Waals surface area contributed by atoms with Crippen LogP contribution in [0.3, 0.4) is 0 Å². The fourth-order valence-corrected chi connectivity index (χ4v) is 7.37. The van der Waals surface area contributed by atoms with E-state index < -0.39 is 21.9 Å². The van der Waals surface area contributed by atoms with Gasteiger partial charge in [0.25, 0.3) is 5.91 Å². The Morgan fingerprint density at radius 2 is 1.79 bits per heavy atom. The second-order valence-corrected chi connectivity index (χ2v) is 12.5. The zero-order valence-electron chi connectivity index (χ0n) is 22.1. The molecule has 0 unspecified atom stereocenters. The van der Waals surface area contributed by atoms with E-state index in [1.165, 1.54) is 39.9 Å². The van der Waals surface area contributed by atoms with Gasteiger partial charge in [-0.3, -0.25) is 4.79 Å². The molecule has 10 heteroatoms. The van der Waals surface area contributed by atoms with Gasteiger partial charge in [-0.25, -0.2) is 13.2 Å². The summed E-state index contributed by atoms with van der Waals surface area (Å²) in [6, 6.07) is 15.1. The van der Waals surface area contributed by atoms with Crippen molar-refractivity contribution in [1.82, 2.24) is 9.21 Å². The van der Waals surface area contributed by atoms with Crippen molar-refractivity contribution < 1.29 is 22.7 Å². The zero-order chi connectivity index (χ0) is 27.4. The summed E-state index contributed by atoms with van der Waals surface area (Å²) in [4.78, 5) is 29.2. The van der Waals surface area contributed by atoms with E-state index in [2.05, 4.69) is 10.2 Å². The molecular weight excluding hydrogens is 522 g/mol. The monoisotopic (exact) mass is 555 g/mol. The Kier molecular flexibility index (Phi) is 8.67. The summed E-state index contributed by atoms with van der Waals surface area (Å²) in [7, 11) is -1.78. The third-order valence-electron chi connectivity index (χ3n) is 6.43. The van der Waals surface area contributed by atoms with Crippen LogP contribution in [0.5, 0.6) is 0 Å². The topological polar surface area (TPSA) is 96.0 Å². The van der Waals surface area contributed by atoms with E-state index in [-0.39, 0.29) is 24.1 Å². The molecule has 3 aromatic rings. The van der Waals surface area contributed by atoms with Gasteiger partial charge in [-0.15, -0.1) is 11.3 Å². The number of hydrogen-bond donors (Lipinski definition) is 1. The third kappa shape index (κ3) is 5.99. The number of anilines is 1. The van der Waals surface area contributed by atoms with E-state index in [9.17, 15) is 18.0 Å². The molecule has 202 valence electrons. The number of sulfonamides is 1. The molecule has 2 heterocycles. The highest BCUT2D eigenvalue weighted by atomic mass is 32.2. The van der Waals surface area contributed by atoms with Gasteiger partial charge in [-0.1, -0.05) is 30.3 Å². The van der Waals surface area contributed by atoms with Gasteiger partial charge in [0.1, 0.15) is 5.00 Å². The van der Waals surface area contributed by atoms with E-state index >= 15 is 0 Å². The molecule has 0 spiro atoms. The van der Waals surface area contributed by atoms with Crippen LogP contribution in [0, 0.1) is 0 Å². The average molecular weight is 556 g/mol. The maximum absolute atomic E-state index is 13.4. The highest BCUT2D eigenvalue weighted by Crippen LogP contribution is 2.37. The smallest absolute Gasteiger partial charge is 0.341 e. The summed E-state index contributed by atoms with van der Waals surface area (Å²) < 4.78 is 33.6. The molecule has 1 amide bonds. The number of ether oxygens (including phenoxy) is 1. The summed E-state index contributed by atoms with van der Waals surface area (Å²) >= 11 is 1.38. The summed E-state index contributed by atoms with van der Waals surface area (Å²) in [6.07, 6.45) is 0.703. The highest BCUT2D eigenvalue weighted by Gasteiger charge is 2.30. The number of hydrogen-bond acceptors (Lipinski definition) is 7. The number of rotatable bonds is 9. The van der Waals surface area contributed by atoms with Crippen LogP contribution in [0.2, 0.25) is 0 Å². The number of benzene rings is 2. The lowest BCUT2D eigenvalue weighted by molar-refractivity contribution is 0.0526. The first-order valence-electron chi connectivity index (χ1n) is 12.6. The SMILES string of the molecule is CCOC(=O)c1c(NC(=O)c2ccc(S(=O)(=O)N(Cc3ccccc3)C(C)C)cc2)sc2c1CCN(C)C2. The molecule has 1 aliphatic heterocycles. The summed E-state index contributed by atoms with van der Waals surface area (Å²) in [6.45, 7) is 7.42. The van der Waals surface area contributed by atoms with Crippen LogP contribution in [-0.2, 0) is 34.3 Å². The molecule has 0 saturated heterocycles.